The Labute approximate surface area is 214 Å². The lowest BCUT2D eigenvalue weighted by Crippen LogP contribution is -2.53. The maximum absolute atomic E-state index is 15.4. The lowest BCUT2D eigenvalue weighted by Gasteiger charge is -2.60. The van der Waals surface area contributed by atoms with Crippen LogP contribution < -0.4 is 0 Å². The molecule has 0 aromatic carbocycles. The highest BCUT2D eigenvalue weighted by Gasteiger charge is 2.61. The van der Waals surface area contributed by atoms with E-state index in [0.29, 0.717) is 41.4 Å². The van der Waals surface area contributed by atoms with Gasteiger partial charge in [0, 0.05) is 12.5 Å². The van der Waals surface area contributed by atoms with Crippen molar-refractivity contribution in [2.24, 2.45) is 46.3 Å². The quantitative estimate of drug-likeness (QED) is 0.278. The average Bonchev–Trinajstić information content (AvgIpc) is 3.07. The molecule has 3 fully saturated rings. The van der Waals surface area contributed by atoms with Crippen LogP contribution in [0.15, 0.2) is 11.1 Å². The standard InChI is InChI=1S/C28H50FO4PSi/c1-18(17-33-35(7,8)26(2,3)4)20-11-12-21-19-9-10-23-25(29)24(34(30,31)32)14-16-28(23,6)22(19)13-15-27(20,21)5/h18-23H,9-17H2,1-8H3,(H2,30,31,32)/t18-,19+,20-,21+,22+,23+,27-,28-/m1/s1. The van der Waals surface area contributed by atoms with Gasteiger partial charge in [0.2, 0.25) is 0 Å². The van der Waals surface area contributed by atoms with Crippen LogP contribution in [0.3, 0.4) is 0 Å². The summed E-state index contributed by atoms with van der Waals surface area (Å²) in [7, 11) is -6.27. The predicted molar refractivity (Wildman–Crippen MR) is 143 cm³/mol. The van der Waals surface area contributed by atoms with Gasteiger partial charge in [-0.3, -0.25) is 4.57 Å². The lowest BCUT2D eigenvalue weighted by molar-refractivity contribution is -0.103. The van der Waals surface area contributed by atoms with Gasteiger partial charge in [0.15, 0.2) is 8.32 Å². The van der Waals surface area contributed by atoms with Crippen LogP contribution in [0.2, 0.25) is 18.1 Å². The Kier molecular flexibility index (Phi) is 7.23. The fourth-order valence-corrected chi connectivity index (χ4v) is 10.8. The van der Waals surface area contributed by atoms with Crippen molar-refractivity contribution in [1.29, 1.82) is 0 Å². The molecule has 4 nitrogen and oxygen atoms in total. The molecular formula is C28H50FO4PSi. The molecule has 8 atom stereocenters. The third-order valence-corrected chi connectivity index (χ3v) is 17.6. The summed E-state index contributed by atoms with van der Waals surface area (Å²) in [5, 5.41) is 0.0141. The summed E-state index contributed by atoms with van der Waals surface area (Å²) in [6, 6.07) is 0. The summed E-state index contributed by atoms with van der Waals surface area (Å²) in [6.45, 7) is 19.6. The van der Waals surface area contributed by atoms with Crippen molar-refractivity contribution in [2.45, 2.75) is 111 Å². The van der Waals surface area contributed by atoms with Gasteiger partial charge in [-0.15, -0.1) is 0 Å². The SMILES string of the molecule is C[C@H](CO[Si](C)(C)C(C)(C)C)[C@H]1CC[C@H]2[C@@H]3CC[C@H]4C(F)=C(P(=O)(O)O)CC[C@]4(C)[C@H]3CC[C@]12C. The fourth-order valence-electron chi connectivity index (χ4n) is 8.87. The van der Waals surface area contributed by atoms with Crippen molar-refractivity contribution in [3.8, 4) is 0 Å². The van der Waals surface area contributed by atoms with E-state index in [9.17, 15) is 14.4 Å². The molecule has 2 N–H and O–H groups in total. The van der Waals surface area contributed by atoms with Crippen LogP contribution in [-0.2, 0) is 8.99 Å². The van der Waals surface area contributed by atoms with Crippen LogP contribution in [0.25, 0.3) is 0 Å². The van der Waals surface area contributed by atoms with Gasteiger partial charge in [0.25, 0.3) is 0 Å². The van der Waals surface area contributed by atoms with E-state index in [-0.39, 0.29) is 28.1 Å². The molecule has 7 heteroatoms. The van der Waals surface area contributed by atoms with Gasteiger partial charge in [-0.25, -0.2) is 4.39 Å². The van der Waals surface area contributed by atoms with Crippen molar-refractivity contribution in [3.05, 3.63) is 11.1 Å². The maximum atomic E-state index is 15.4. The number of halogens is 1. The van der Waals surface area contributed by atoms with Gasteiger partial charge in [-0.05, 0) is 110 Å². The normalized spacial score (nSPS) is 41.3. The first-order chi connectivity index (χ1) is 15.9. The average molecular weight is 529 g/mol. The van der Waals surface area contributed by atoms with Crippen molar-refractivity contribution in [3.63, 3.8) is 0 Å². The Morgan fingerprint density at radius 3 is 2.29 bits per heavy atom. The minimum Gasteiger partial charge on any atom is -0.417 e. The number of fused-ring (bicyclic) bond motifs is 5. The van der Waals surface area contributed by atoms with E-state index in [1.165, 1.54) is 19.3 Å². The highest BCUT2D eigenvalue weighted by Crippen LogP contribution is 2.70. The van der Waals surface area contributed by atoms with Crippen LogP contribution in [-0.4, -0.2) is 24.7 Å². The second-order valence-corrected chi connectivity index (χ2v) is 21.1. The first kappa shape index (κ1) is 28.0. The zero-order chi connectivity index (χ0) is 26.2. The highest BCUT2D eigenvalue weighted by molar-refractivity contribution is 7.56. The van der Waals surface area contributed by atoms with Gasteiger partial charge < -0.3 is 14.2 Å². The van der Waals surface area contributed by atoms with Crippen molar-refractivity contribution >= 4 is 15.9 Å². The summed E-state index contributed by atoms with van der Waals surface area (Å²) in [5.41, 5.74) is 0.142. The molecule has 35 heavy (non-hydrogen) atoms. The van der Waals surface area contributed by atoms with Gasteiger partial charge >= 0.3 is 7.60 Å². The van der Waals surface area contributed by atoms with Gasteiger partial charge in [0.1, 0.15) is 5.83 Å². The highest BCUT2D eigenvalue weighted by atomic mass is 31.2. The molecule has 3 saturated carbocycles. The van der Waals surface area contributed by atoms with Crippen LogP contribution in [0, 0.1) is 46.3 Å². The Hall–Kier alpha value is -0.00312. The van der Waals surface area contributed by atoms with E-state index < -0.39 is 21.7 Å². The topological polar surface area (TPSA) is 66.8 Å². The maximum Gasteiger partial charge on any atom is 0.354 e. The molecule has 0 amide bonds. The van der Waals surface area contributed by atoms with E-state index in [1.54, 1.807) is 0 Å². The number of hydrogen-bond donors (Lipinski definition) is 2. The molecule has 0 spiro atoms. The molecule has 0 aromatic heterocycles. The Morgan fingerprint density at radius 2 is 1.69 bits per heavy atom. The zero-order valence-electron chi connectivity index (χ0n) is 23.4. The minimum atomic E-state index is -4.51. The molecule has 4 rings (SSSR count). The third-order valence-electron chi connectivity index (χ3n) is 12.0. The monoisotopic (exact) mass is 528 g/mol. The molecule has 0 heterocycles. The second-order valence-electron chi connectivity index (χ2n) is 14.6. The molecule has 0 unspecified atom stereocenters. The van der Waals surface area contributed by atoms with Gasteiger partial charge in [-0.1, -0.05) is 41.5 Å². The van der Waals surface area contributed by atoms with Crippen molar-refractivity contribution < 1.29 is 23.2 Å². The van der Waals surface area contributed by atoms with E-state index in [0.717, 1.165) is 25.9 Å². The molecule has 4 aliphatic rings. The van der Waals surface area contributed by atoms with E-state index >= 15 is 4.39 Å². The van der Waals surface area contributed by atoms with E-state index in [2.05, 4.69) is 54.6 Å². The van der Waals surface area contributed by atoms with Crippen LogP contribution in [0.4, 0.5) is 4.39 Å². The van der Waals surface area contributed by atoms with Crippen molar-refractivity contribution in [2.75, 3.05) is 6.61 Å². The summed E-state index contributed by atoms with van der Waals surface area (Å²) in [6.07, 6.45) is 7.48. The Morgan fingerprint density at radius 1 is 1.06 bits per heavy atom. The van der Waals surface area contributed by atoms with Gasteiger partial charge in [-0.2, -0.15) is 0 Å². The van der Waals surface area contributed by atoms with Crippen LogP contribution in [0.5, 0.6) is 0 Å². The first-order valence-corrected chi connectivity index (χ1v) is 18.5. The van der Waals surface area contributed by atoms with Crippen LogP contribution in [0.1, 0.15) is 92.9 Å². The summed E-state index contributed by atoms with van der Waals surface area (Å²) < 4.78 is 34.0. The molecule has 202 valence electrons. The Bertz CT molecular complexity index is 907. The van der Waals surface area contributed by atoms with Gasteiger partial charge in [0.05, 0.1) is 5.31 Å². The number of allylic oxidation sites excluding steroid dienone is 2. The molecule has 0 saturated heterocycles. The lowest BCUT2D eigenvalue weighted by atomic mass is 9.45. The van der Waals surface area contributed by atoms with E-state index in [1.807, 2.05) is 0 Å². The van der Waals surface area contributed by atoms with E-state index in [4.69, 9.17) is 4.43 Å². The molecule has 0 bridgehead atoms. The Balaban J connectivity index is 1.51. The number of hydrogen-bond acceptors (Lipinski definition) is 2. The predicted octanol–water partition coefficient (Wildman–Crippen LogP) is 8.27. The first-order valence-electron chi connectivity index (χ1n) is 14.0. The smallest absolute Gasteiger partial charge is 0.354 e. The molecular weight excluding hydrogens is 478 g/mol. The minimum absolute atomic E-state index is 0.178. The molecule has 0 aromatic rings. The molecule has 4 aliphatic carbocycles. The van der Waals surface area contributed by atoms with Crippen LogP contribution >= 0.6 is 7.60 Å². The third kappa shape index (κ3) is 4.60. The molecule has 0 radical (unpaired) electrons. The van der Waals surface area contributed by atoms with Crippen molar-refractivity contribution in [1.82, 2.24) is 0 Å². The number of rotatable bonds is 5. The summed E-state index contributed by atoms with van der Waals surface area (Å²) >= 11 is 0. The molecule has 0 aliphatic heterocycles. The largest absolute Gasteiger partial charge is 0.417 e. The second kappa shape index (κ2) is 9.04. The summed E-state index contributed by atoms with van der Waals surface area (Å²) in [4.78, 5) is 19.4. The fraction of sp³-hybridized carbons (Fsp3) is 0.929. The zero-order valence-corrected chi connectivity index (χ0v) is 25.3. The summed E-state index contributed by atoms with van der Waals surface area (Å²) in [5.74, 6) is 2.17.